The lowest BCUT2D eigenvalue weighted by Crippen LogP contribution is -2.24. The average Bonchev–Trinajstić information content (AvgIpc) is 2.67. The zero-order chi connectivity index (χ0) is 12.7. The Bertz CT molecular complexity index is 631. The van der Waals surface area contributed by atoms with Crippen molar-refractivity contribution in [2.24, 2.45) is 0 Å². The Morgan fingerprint density at radius 2 is 2.22 bits per heavy atom. The molecular weight excluding hydrogens is 316 g/mol. The van der Waals surface area contributed by atoms with E-state index in [0.29, 0.717) is 13.0 Å². The topological polar surface area (TPSA) is 33.2 Å². The highest BCUT2D eigenvalue weighted by Crippen LogP contribution is 2.31. The van der Waals surface area contributed by atoms with Gasteiger partial charge in [-0.2, -0.15) is 0 Å². The number of hydrogen-bond acceptors (Lipinski definition) is 2. The summed E-state index contributed by atoms with van der Waals surface area (Å²) >= 11 is 9.49. The number of halogens is 2. The number of rotatable bonds is 1. The zero-order valence-electron chi connectivity index (χ0n) is 9.44. The van der Waals surface area contributed by atoms with E-state index in [0.717, 1.165) is 21.1 Å². The van der Waals surface area contributed by atoms with Crippen molar-refractivity contribution >= 4 is 50.0 Å². The molecule has 0 saturated carbocycles. The number of hydrogen-bond donors (Lipinski definition) is 0. The first kappa shape index (κ1) is 11.9. The second-order valence-corrected chi connectivity index (χ2v) is 5.83. The molecule has 5 heteroatoms. The number of fused-ring (bicyclic) bond motifs is 1. The van der Waals surface area contributed by atoms with Crippen LogP contribution >= 0.6 is 27.5 Å². The number of benzene rings is 1. The van der Waals surface area contributed by atoms with Crippen LogP contribution in [0.3, 0.4) is 0 Å². The molecule has 1 aliphatic rings. The van der Waals surface area contributed by atoms with E-state index in [1.54, 1.807) is 11.1 Å². The molecule has 0 N–H and O–H groups in total. The third-order valence-corrected chi connectivity index (χ3v) is 3.83. The molecule has 1 aromatic heterocycles. The van der Waals surface area contributed by atoms with Gasteiger partial charge in [0.2, 0.25) is 5.91 Å². The van der Waals surface area contributed by atoms with Crippen molar-refractivity contribution in [3.05, 3.63) is 34.9 Å². The van der Waals surface area contributed by atoms with Gasteiger partial charge in [0.05, 0.1) is 16.6 Å². The lowest BCUT2D eigenvalue weighted by Gasteiger charge is -2.18. The van der Waals surface area contributed by atoms with Crippen LogP contribution < -0.4 is 4.90 Å². The fourth-order valence-electron chi connectivity index (χ4n) is 2.24. The first-order valence-corrected chi connectivity index (χ1v) is 6.87. The SMILES string of the molecule is O=C1CC(Cl)CN1c1ccnc2ccc(Br)cc12. The van der Waals surface area contributed by atoms with Crippen molar-refractivity contribution in [2.75, 3.05) is 11.4 Å². The number of carbonyl (C=O) groups is 1. The minimum atomic E-state index is -0.104. The van der Waals surface area contributed by atoms with E-state index in [1.165, 1.54) is 0 Å². The molecule has 1 fully saturated rings. The molecule has 92 valence electrons. The lowest BCUT2D eigenvalue weighted by atomic mass is 10.2. The molecule has 0 radical (unpaired) electrons. The Morgan fingerprint density at radius 1 is 1.39 bits per heavy atom. The Labute approximate surface area is 118 Å². The monoisotopic (exact) mass is 324 g/mol. The summed E-state index contributed by atoms with van der Waals surface area (Å²) in [5.74, 6) is 0.0717. The van der Waals surface area contributed by atoms with Crippen LogP contribution in [0.4, 0.5) is 5.69 Å². The van der Waals surface area contributed by atoms with E-state index in [2.05, 4.69) is 20.9 Å². The zero-order valence-corrected chi connectivity index (χ0v) is 11.8. The maximum atomic E-state index is 11.9. The Kier molecular flexibility index (Phi) is 2.99. The normalized spacial score (nSPS) is 19.8. The van der Waals surface area contributed by atoms with E-state index in [-0.39, 0.29) is 11.3 Å². The Morgan fingerprint density at radius 3 is 2.94 bits per heavy atom. The molecule has 1 aromatic carbocycles. The van der Waals surface area contributed by atoms with Gasteiger partial charge < -0.3 is 4.90 Å². The van der Waals surface area contributed by atoms with Gasteiger partial charge in [-0.1, -0.05) is 15.9 Å². The van der Waals surface area contributed by atoms with E-state index in [4.69, 9.17) is 11.6 Å². The van der Waals surface area contributed by atoms with E-state index in [9.17, 15) is 4.79 Å². The third-order valence-electron chi connectivity index (χ3n) is 3.05. The van der Waals surface area contributed by atoms with Crippen molar-refractivity contribution in [3.63, 3.8) is 0 Å². The van der Waals surface area contributed by atoms with Gasteiger partial charge in [-0.15, -0.1) is 11.6 Å². The van der Waals surface area contributed by atoms with Crippen LogP contribution in [-0.4, -0.2) is 22.8 Å². The summed E-state index contributed by atoms with van der Waals surface area (Å²) in [4.78, 5) is 18.0. The van der Waals surface area contributed by atoms with Crippen LogP contribution in [0.15, 0.2) is 34.9 Å². The van der Waals surface area contributed by atoms with Gasteiger partial charge >= 0.3 is 0 Å². The van der Waals surface area contributed by atoms with Crippen LogP contribution in [0, 0.1) is 0 Å². The highest BCUT2D eigenvalue weighted by molar-refractivity contribution is 9.10. The third kappa shape index (κ3) is 1.99. The van der Waals surface area contributed by atoms with Crippen molar-refractivity contribution < 1.29 is 4.79 Å². The molecule has 2 aromatic rings. The molecule has 0 aliphatic carbocycles. The maximum absolute atomic E-state index is 11.9. The Balaban J connectivity index is 2.17. The number of amides is 1. The highest BCUT2D eigenvalue weighted by atomic mass is 79.9. The van der Waals surface area contributed by atoms with Gasteiger partial charge in [0, 0.05) is 29.0 Å². The predicted molar refractivity (Wildman–Crippen MR) is 76.1 cm³/mol. The summed E-state index contributed by atoms with van der Waals surface area (Å²) in [6.07, 6.45) is 2.12. The van der Waals surface area contributed by atoms with Gasteiger partial charge in [-0.3, -0.25) is 9.78 Å². The number of carbonyl (C=O) groups excluding carboxylic acids is 1. The van der Waals surface area contributed by atoms with Crippen molar-refractivity contribution in [3.8, 4) is 0 Å². The molecule has 1 amide bonds. The fourth-order valence-corrected chi connectivity index (χ4v) is 2.87. The number of aromatic nitrogens is 1. The predicted octanol–water partition coefficient (Wildman–Crippen LogP) is 3.34. The minimum Gasteiger partial charge on any atom is -0.310 e. The van der Waals surface area contributed by atoms with Crippen LogP contribution in [0.5, 0.6) is 0 Å². The highest BCUT2D eigenvalue weighted by Gasteiger charge is 2.30. The van der Waals surface area contributed by atoms with Gasteiger partial charge in [0.1, 0.15) is 0 Å². The van der Waals surface area contributed by atoms with Crippen molar-refractivity contribution in [2.45, 2.75) is 11.8 Å². The quantitative estimate of drug-likeness (QED) is 0.753. The average molecular weight is 326 g/mol. The number of pyridine rings is 1. The molecule has 0 spiro atoms. The summed E-state index contributed by atoms with van der Waals surface area (Å²) in [5, 5.41) is 0.860. The number of alkyl halides is 1. The lowest BCUT2D eigenvalue weighted by molar-refractivity contribution is -0.117. The van der Waals surface area contributed by atoms with Crippen LogP contribution in [0.2, 0.25) is 0 Å². The van der Waals surface area contributed by atoms with Gasteiger partial charge in [0.15, 0.2) is 0 Å². The maximum Gasteiger partial charge on any atom is 0.228 e. The Hall–Kier alpha value is -1.13. The largest absolute Gasteiger partial charge is 0.310 e. The first-order chi connectivity index (χ1) is 8.65. The molecule has 3 nitrogen and oxygen atoms in total. The minimum absolute atomic E-state index is 0.0717. The van der Waals surface area contributed by atoms with E-state index in [1.807, 2.05) is 24.3 Å². The van der Waals surface area contributed by atoms with Crippen LogP contribution in [0.25, 0.3) is 10.9 Å². The molecule has 2 heterocycles. The molecule has 1 atom stereocenters. The molecule has 0 bridgehead atoms. The first-order valence-electron chi connectivity index (χ1n) is 5.64. The summed E-state index contributed by atoms with van der Waals surface area (Å²) in [6, 6.07) is 7.71. The second-order valence-electron chi connectivity index (χ2n) is 4.30. The molecule has 1 unspecified atom stereocenters. The molecule has 18 heavy (non-hydrogen) atoms. The summed E-state index contributed by atoms with van der Waals surface area (Å²) in [7, 11) is 0. The van der Waals surface area contributed by atoms with Crippen molar-refractivity contribution in [1.29, 1.82) is 0 Å². The fraction of sp³-hybridized carbons (Fsp3) is 0.231. The van der Waals surface area contributed by atoms with Crippen LogP contribution in [0.1, 0.15) is 6.42 Å². The summed E-state index contributed by atoms with van der Waals surface area (Å²) in [6.45, 7) is 0.562. The number of anilines is 1. The van der Waals surface area contributed by atoms with Gasteiger partial charge in [-0.25, -0.2) is 0 Å². The van der Waals surface area contributed by atoms with Gasteiger partial charge in [-0.05, 0) is 24.3 Å². The van der Waals surface area contributed by atoms with Crippen molar-refractivity contribution in [1.82, 2.24) is 4.98 Å². The van der Waals surface area contributed by atoms with E-state index >= 15 is 0 Å². The molecule has 3 rings (SSSR count). The van der Waals surface area contributed by atoms with Gasteiger partial charge in [0.25, 0.3) is 0 Å². The standard InChI is InChI=1S/C13H10BrClN2O/c14-8-1-2-11-10(5-8)12(3-4-16-11)17-7-9(15)6-13(17)18/h1-5,9H,6-7H2. The smallest absolute Gasteiger partial charge is 0.228 e. The number of nitrogens with zero attached hydrogens (tertiary/aromatic N) is 2. The van der Waals surface area contributed by atoms with E-state index < -0.39 is 0 Å². The second kappa shape index (κ2) is 4.52. The van der Waals surface area contributed by atoms with Crippen LogP contribution in [-0.2, 0) is 4.79 Å². The molecule has 1 aliphatic heterocycles. The molecular formula is C13H10BrClN2O. The summed E-state index contributed by atoms with van der Waals surface area (Å²) < 4.78 is 0.971. The summed E-state index contributed by atoms with van der Waals surface area (Å²) in [5.41, 5.74) is 1.76. The molecule has 1 saturated heterocycles.